The van der Waals surface area contributed by atoms with Crippen LogP contribution >= 0.6 is 11.8 Å². The molecule has 1 aromatic carbocycles. The van der Waals surface area contributed by atoms with E-state index in [2.05, 4.69) is 0 Å². The molecule has 0 N–H and O–H groups in total. The Hall–Kier alpha value is -1.82. The summed E-state index contributed by atoms with van der Waals surface area (Å²) < 4.78 is 5.32. The number of imide groups is 1. The van der Waals surface area contributed by atoms with Crippen LogP contribution in [0, 0.1) is 0 Å². The van der Waals surface area contributed by atoms with Crippen LogP contribution in [0.1, 0.15) is 18.9 Å². The maximum atomic E-state index is 11.5. The molecule has 0 aliphatic carbocycles. The monoisotopic (exact) mass is 293 g/mol. The van der Waals surface area contributed by atoms with Crippen molar-refractivity contribution in [2.75, 3.05) is 12.4 Å². The highest BCUT2D eigenvalue weighted by atomic mass is 32.2. The normalized spacial score (nSPS) is 14.8. The molecule has 6 heteroatoms. The van der Waals surface area contributed by atoms with E-state index in [1.54, 1.807) is 31.2 Å². The van der Waals surface area contributed by atoms with E-state index in [1.807, 2.05) is 0 Å². The molecule has 0 saturated carbocycles. The van der Waals surface area contributed by atoms with Gasteiger partial charge >= 0.3 is 0 Å². The predicted molar refractivity (Wildman–Crippen MR) is 75.6 cm³/mol. The quantitative estimate of drug-likeness (QED) is 0.805. The molecule has 0 spiro atoms. The summed E-state index contributed by atoms with van der Waals surface area (Å²) in [7, 11) is 0. The van der Waals surface area contributed by atoms with Crippen LogP contribution in [-0.4, -0.2) is 34.2 Å². The van der Waals surface area contributed by atoms with E-state index in [9.17, 15) is 14.4 Å². The summed E-state index contributed by atoms with van der Waals surface area (Å²) in [6.45, 7) is 2.13. The number of ether oxygens (including phenoxy) is 1. The van der Waals surface area contributed by atoms with E-state index in [1.165, 1.54) is 4.90 Å². The minimum absolute atomic E-state index is 0.0411. The third kappa shape index (κ3) is 3.60. The van der Waals surface area contributed by atoms with Crippen LogP contribution in [0.25, 0.3) is 0 Å². The van der Waals surface area contributed by atoms with Gasteiger partial charge in [-0.25, -0.2) is 0 Å². The molecule has 1 aliphatic rings. The van der Waals surface area contributed by atoms with Crippen LogP contribution in [0.5, 0.6) is 5.75 Å². The van der Waals surface area contributed by atoms with E-state index in [4.69, 9.17) is 4.74 Å². The number of rotatable bonds is 6. The number of carbonyl (C=O) groups is 3. The van der Waals surface area contributed by atoms with Gasteiger partial charge in [0, 0.05) is 6.42 Å². The predicted octanol–water partition coefficient (Wildman–Crippen LogP) is 2.24. The summed E-state index contributed by atoms with van der Waals surface area (Å²) in [5.41, 5.74) is 0.850. The van der Waals surface area contributed by atoms with Crippen molar-refractivity contribution in [3.05, 3.63) is 29.8 Å². The Balaban J connectivity index is 1.93. The molecule has 2 rings (SSSR count). The number of ketones is 1. The SMILES string of the molecule is CCC(=O)COc1ccc(CN2C(=O)CSC2=O)cc1. The van der Waals surface area contributed by atoms with Crippen LogP contribution in [0.15, 0.2) is 24.3 Å². The van der Waals surface area contributed by atoms with Crippen molar-refractivity contribution in [3.8, 4) is 5.75 Å². The van der Waals surface area contributed by atoms with Gasteiger partial charge in [0.15, 0.2) is 5.78 Å². The highest BCUT2D eigenvalue weighted by Crippen LogP contribution is 2.22. The van der Waals surface area contributed by atoms with Gasteiger partial charge < -0.3 is 4.74 Å². The van der Waals surface area contributed by atoms with Crippen molar-refractivity contribution in [2.45, 2.75) is 19.9 Å². The zero-order valence-electron chi connectivity index (χ0n) is 11.1. The molecule has 0 unspecified atom stereocenters. The summed E-state index contributed by atoms with van der Waals surface area (Å²) in [5.74, 6) is 0.705. The molecule has 0 atom stereocenters. The largest absolute Gasteiger partial charge is 0.486 e. The fraction of sp³-hybridized carbons (Fsp3) is 0.357. The van der Waals surface area contributed by atoms with Crippen LogP contribution in [0.4, 0.5) is 4.79 Å². The lowest BCUT2D eigenvalue weighted by Gasteiger charge is -2.13. The van der Waals surface area contributed by atoms with Gasteiger partial charge in [-0.05, 0) is 17.7 Å². The molecule has 0 radical (unpaired) electrons. The summed E-state index contributed by atoms with van der Waals surface area (Å²) in [6, 6.07) is 7.04. The fourth-order valence-electron chi connectivity index (χ4n) is 1.67. The lowest BCUT2D eigenvalue weighted by atomic mass is 10.2. The molecular formula is C14H15NO4S. The number of hydrogen-bond acceptors (Lipinski definition) is 5. The number of amides is 2. The second-order valence-electron chi connectivity index (χ2n) is 4.36. The average molecular weight is 293 g/mol. The Labute approximate surface area is 121 Å². The maximum absolute atomic E-state index is 11.5. The van der Waals surface area contributed by atoms with Gasteiger partial charge in [-0.3, -0.25) is 19.3 Å². The molecule has 1 heterocycles. The van der Waals surface area contributed by atoms with Gasteiger partial charge in [0.2, 0.25) is 5.91 Å². The number of benzene rings is 1. The highest BCUT2D eigenvalue weighted by molar-refractivity contribution is 8.14. The lowest BCUT2D eigenvalue weighted by molar-refractivity contribution is -0.125. The molecule has 5 nitrogen and oxygen atoms in total. The van der Waals surface area contributed by atoms with Crippen LogP contribution < -0.4 is 4.74 Å². The summed E-state index contributed by atoms with van der Waals surface area (Å²) in [5, 5.41) is -0.205. The first-order valence-corrected chi connectivity index (χ1v) is 7.29. The second-order valence-corrected chi connectivity index (χ2v) is 5.29. The first-order chi connectivity index (χ1) is 9.60. The Morgan fingerprint density at radius 1 is 1.30 bits per heavy atom. The van der Waals surface area contributed by atoms with E-state index in [0.29, 0.717) is 12.2 Å². The molecule has 1 saturated heterocycles. The Morgan fingerprint density at radius 3 is 2.55 bits per heavy atom. The van der Waals surface area contributed by atoms with E-state index < -0.39 is 0 Å². The molecule has 0 bridgehead atoms. The number of nitrogens with zero attached hydrogens (tertiary/aromatic N) is 1. The van der Waals surface area contributed by atoms with Crippen molar-refractivity contribution < 1.29 is 19.1 Å². The van der Waals surface area contributed by atoms with Crippen molar-refractivity contribution in [1.82, 2.24) is 4.90 Å². The molecule has 2 amide bonds. The topological polar surface area (TPSA) is 63.7 Å². The minimum atomic E-state index is -0.205. The number of thioether (sulfide) groups is 1. The third-order valence-corrected chi connectivity index (χ3v) is 3.76. The van der Waals surface area contributed by atoms with Crippen molar-refractivity contribution in [3.63, 3.8) is 0 Å². The maximum Gasteiger partial charge on any atom is 0.289 e. The number of Topliss-reactive ketones (excluding diaryl/α,β-unsaturated/α-hetero) is 1. The van der Waals surface area contributed by atoms with Gasteiger partial charge in [-0.2, -0.15) is 0 Å². The zero-order valence-corrected chi connectivity index (χ0v) is 11.9. The van der Waals surface area contributed by atoms with Crippen LogP contribution in [0.2, 0.25) is 0 Å². The highest BCUT2D eigenvalue weighted by Gasteiger charge is 2.29. The standard InChI is InChI=1S/C14H15NO4S/c1-2-11(16)8-19-12-5-3-10(4-6-12)7-15-13(17)9-20-14(15)18/h3-6H,2,7-9H2,1H3. The molecular weight excluding hydrogens is 278 g/mol. The molecule has 1 fully saturated rings. The molecule has 1 aliphatic heterocycles. The third-order valence-electron chi connectivity index (χ3n) is 2.90. The Kier molecular flexibility index (Phi) is 4.79. The van der Waals surface area contributed by atoms with Crippen LogP contribution in [0.3, 0.4) is 0 Å². The lowest BCUT2D eigenvalue weighted by Crippen LogP contribution is -2.27. The van der Waals surface area contributed by atoms with Gasteiger partial charge in [-0.1, -0.05) is 30.8 Å². The van der Waals surface area contributed by atoms with E-state index in [-0.39, 0.29) is 35.8 Å². The fourth-order valence-corrected chi connectivity index (χ4v) is 2.40. The van der Waals surface area contributed by atoms with Crippen molar-refractivity contribution in [2.24, 2.45) is 0 Å². The summed E-state index contributed by atoms with van der Waals surface area (Å²) in [6.07, 6.45) is 0.453. The molecule has 106 valence electrons. The van der Waals surface area contributed by atoms with Gasteiger partial charge in [0.1, 0.15) is 12.4 Å². The van der Waals surface area contributed by atoms with E-state index in [0.717, 1.165) is 17.3 Å². The summed E-state index contributed by atoms with van der Waals surface area (Å²) in [4.78, 5) is 35.3. The number of carbonyl (C=O) groups excluding carboxylic acids is 3. The van der Waals surface area contributed by atoms with Crippen LogP contribution in [-0.2, 0) is 16.1 Å². The molecule has 0 aromatic heterocycles. The van der Waals surface area contributed by atoms with Gasteiger partial charge in [-0.15, -0.1) is 0 Å². The Bertz CT molecular complexity index is 510. The molecule has 1 aromatic rings. The summed E-state index contributed by atoms with van der Waals surface area (Å²) >= 11 is 1.02. The molecule has 20 heavy (non-hydrogen) atoms. The first-order valence-electron chi connectivity index (χ1n) is 6.30. The number of hydrogen-bond donors (Lipinski definition) is 0. The van der Waals surface area contributed by atoms with Gasteiger partial charge in [0.05, 0.1) is 12.3 Å². The van der Waals surface area contributed by atoms with Crippen molar-refractivity contribution in [1.29, 1.82) is 0 Å². The van der Waals surface area contributed by atoms with Gasteiger partial charge in [0.25, 0.3) is 5.24 Å². The van der Waals surface area contributed by atoms with Crippen molar-refractivity contribution >= 4 is 28.7 Å². The average Bonchev–Trinajstić information content (AvgIpc) is 2.78. The minimum Gasteiger partial charge on any atom is -0.486 e. The smallest absolute Gasteiger partial charge is 0.289 e. The Morgan fingerprint density at radius 2 is 2.00 bits per heavy atom. The second kappa shape index (κ2) is 6.56. The van der Waals surface area contributed by atoms with E-state index >= 15 is 0 Å². The zero-order chi connectivity index (χ0) is 14.5. The first kappa shape index (κ1) is 14.6.